The van der Waals surface area contributed by atoms with Gasteiger partial charge in [0.25, 0.3) is 5.91 Å². The van der Waals surface area contributed by atoms with Crippen LogP contribution in [-0.4, -0.2) is 20.8 Å². The predicted octanol–water partition coefficient (Wildman–Crippen LogP) is 5.22. The van der Waals surface area contributed by atoms with E-state index >= 15 is 0 Å². The minimum Gasteiger partial charge on any atom is -0.360 e. The van der Waals surface area contributed by atoms with Crippen molar-refractivity contribution in [2.75, 3.05) is 0 Å². The molecule has 2 aromatic heterocycles. The number of aromatic nitrogens is 3. The summed E-state index contributed by atoms with van der Waals surface area (Å²) in [6.07, 6.45) is 0. The summed E-state index contributed by atoms with van der Waals surface area (Å²) < 4.78 is 7.33. The molecule has 0 radical (unpaired) electrons. The third-order valence-electron chi connectivity index (χ3n) is 3.67. The van der Waals surface area contributed by atoms with Gasteiger partial charge < -0.3 is 4.52 Å². The maximum absolute atomic E-state index is 13.0. The van der Waals surface area contributed by atoms with Gasteiger partial charge in [-0.1, -0.05) is 34.4 Å². The fourth-order valence-corrected chi connectivity index (χ4v) is 3.27. The molecule has 3 rings (SSSR count). The second kappa shape index (κ2) is 6.35. The van der Waals surface area contributed by atoms with E-state index in [1.165, 1.54) is 4.68 Å². The van der Waals surface area contributed by atoms with Gasteiger partial charge in [0, 0.05) is 5.56 Å². The summed E-state index contributed by atoms with van der Waals surface area (Å²) in [5.74, 6) is 0.0145. The van der Waals surface area contributed by atoms with Gasteiger partial charge in [-0.3, -0.25) is 4.79 Å². The Morgan fingerprint density at radius 2 is 1.83 bits per heavy atom. The summed E-state index contributed by atoms with van der Waals surface area (Å²) in [5, 5.41) is 9.04. The molecule has 0 amide bonds. The van der Waals surface area contributed by atoms with Crippen LogP contribution in [0.1, 0.15) is 27.5 Å². The lowest BCUT2D eigenvalue weighted by molar-refractivity contribution is 0.0941. The van der Waals surface area contributed by atoms with E-state index in [-0.39, 0.29) is 11.5 Å². The van der Waals surface area contributed by atoms with Gasteiger partial charge in [0.05, 0.1) is 25.9 Å². The number of halogens is 3. The first-order chi connectivity index (χ1) is 11.3. The van der Waals surface area contributed by atoms with Crippen LogP contribution < -0.4 is 0 Å². The molecule has 0 aliphatic heterocycles. The number of aryl methyl sites for hydroxylation is 2. The molecule has 2 heterocycles. The zero-order valence-electron chi connectivity index (χ0n) is 13.0. The van der Waals surface area contributed by atoms with Crippen LogP contribution in [0, 0.1) is 20.8 Å². The number of rotatable bonds is 2. The first-order valence-electron chi connectivity index (χ1n) is 7.00. The van der Waals surface area contributed by atoms with E-state index < -0.39 is 0 Å². The number of carbonyl (C=O) groups is 1. The number of carbonyl (C=O) groups excluding carboxylic acids is 1. The van der Waals surface area contributed by atoms with E-state index in [1.54, 1.807) is 32.0 Å². The summed E-state index contributed by atoms with van der Waals surface area (Å²) in [5.41, 5.74) is 2.45. The van der Waals surface area contributed by atoms with Crippen LogP contribution in [0.4, 0.5) is 0 Å². The van der Waals surface area contributed by atoms with Gasteiger partial charge in [-0.25, -0.2) is 0 Å². The van der Waals surface area contributed by atoms with Crippen molar-refractivity contribution in [1.29, 1.82) is 0 Å². The first kappa shape index (κ1) is 17.2. The minimum absolute atomic E-state index is 0.281. The SMILES string of the molecule is Cc1nn(C(=O)c2c(-c3c(Cl)cccc3Cl)noc2C)c(C)c1Br. The predicted molar refractivity (Wildman–Crippen MR) is 95.8 cm³/mol. The van der Waals surface area contributed by atoms with Gasteiger partial charge in [0.2, 0.25) is 0 Å². The third-order valence-corrected chi connectivity index (χ3v) is 5.45. The van der Waals surface area contributed by atoms with Crippen LogP contribution in [-0.2, 0) is 0 Å². The van der Waals surface area contributed by atoms with Crippen LogP contribution in [0.2, 0.25) is 10.0 Å². The highest BCUT2D eigenvalue weighted by Gasteiger charge is 2.28. The summed E-state index contributed by atoms with van der Waals surface area (Å²) in [4.78, 5) is 13.0. The molecule has 3 aromatic rings. The van der Waals surface area contributed by atoms with E-state index in [2.05, 4.69) is 26.2 Å². The maximum atomic E-state index is 13.0. The summed E-state index contributed by atoms with van der Waals surface area (Å²) in [6.45, 7) is 5.27. The Morgan fingerprint density at radius 3 is 2.38 bits per heavy atom. The van der Waals surface area contributed by atoms with Gasteiger partial charge >= 0.3 is 0 Å². The van der Waals surface area contributed by atoms with Gasteiger partial charge in [-0.05, 0) is 48.8 Å². The molecule has 0 aliphatic carbocycles. The Morgan fingerprint density at radius 1 is 1.21 bits per heavy atom. The Bertz CT molecular complexity index is 942. The Hall–Kier alpha value is -1.63. The molecule has 0 spiro atoms. The number of benzene rings is 1. The lowest BCUT2D eigenvalue weighted by Gasteiger charge is -2.07. The van der Waals surface area contributed by atoms with E-state index in [1.807, 2.05) is 6.92 Å². The van der Waals surface area contributed by atoms with Crippen LogP contribution >= 0.6 is 39.1 Å². The number of hydrogen-bond donors (Lipinski definition) is 0. The van der Waals surface area contributed by atoms with Gasteiger partial charge in [0.1, 0.15) is 17.0 Å². The topological polar surface area (TPSA) is 60.9 Å². The van der Waals surface area contributed by atoms with Crippen molar-refractivity contribution in [1.82, 2.24) is 14.9 Å². The Kier molecular flexibility index (Phi) is 4.55. The lowest BCUT2D eigenvalue weighted by Crippen LogP contribution is -2.16. The molecule has 1 aromatic carbocycles. The first-order valence-corrected chi connectivity index (χ1v) is 8.55. The molecule has 0 aliphatic rings. The average molecular weight is 429 g/mol. The van der Waals surface area contributed by atoms with Gasteiger partial charge in [-0.2, -0.15) is 9.78 Å². The molecule has 24 heavy (non-hydrogen) atoms. The largest absolute Gasteiger partial charge is 0.360 e. The highest BCUT2D eigenvalue weighted by Crippen LogP contribution is 2.37. The highest BCUT2D eigenvalue weighted by atomic mass is 79.9. The highest BCUT2D eigenvalue weighted by molar-refractivity contribution is 9.10. The fraction of sp³-hybridized carbons (Fsp3) is 0.188. The molecule has 0 bridgehead atoms. The third kappa shape index (κ3) is 2.68. The van der Waals surface area contributed by atoms with Crippen molar-refractivity contribution in [3.05, 3.63) is 55.4 Å². The molecule has 0 saturated heterocycles. The molecule has 0 fully saturated rings. The monoisotopic (exact) mass is 427 g/mol. The molecule has 0 atom stereocenters. The molecular weight excluding hydrogens is 417 g/mol. The van der Waals surface area contributed by atoms with E-state index in [9.17, 15) is 4.79 Å². The summed E-state index contributed by atoms with van der Waals surface area (Å²) in [6, 6.07) is 5.09. The zero-order valence-corrected chi connectivity index (χ0v) is 16.1. The smallest absolute Gasteiger partial charge is 0.284 e. The van der Waals surface area contributed by atoms with E-state index in [0.717, 1.165) is 4.47 Å². The summed E-state index contributed by atoms with van der Waals surface area (Å²) in [7, 11) is 0. The van der Waals surface area contributed by atoms with Crippen molar-refractivity contribution in [2.45, 2.75) is 20.8 Å². The van der Waals surface area contributed by atoms with Crippen LogP contribution in [0.25, 0.3) is 11.3 Å². The second-order valence-electron chi connectivity index (χ2n) is 5.26. The average Bonchev–Trinajstić information content (AvgIpc) is 3.02. The molecule has 5 nitrogen and oxygen atoms in total. The van der Waals surface area contributed by atoms with Crippen molar-refractivity contribution < 1.29 is 9.32 Å². The molecule has 0 N–H and O–H groups in total. The van der Waals surface area contributed by atoms with Crippen LogP contribution in [0.5, 0.6) is 0 Å². The van der Waals surface area contributed by atoms with Crippen molar-refractivity contribution in [3.63, 3.8) is 0 Å². The van der Waals surface area contributed by atoms with E-state index in [4.69, 9.17) is 27.7 Å². The molecular formula is C16H12BrCl2N3O2. The minimum atomic E-state index is -0.356. The number of hydrogen-bond acceptors (Lipinski definition) is 4. The Balaban J connectivity index is 2.22. The normalized spacial score (nSPS) is 11.1. The lowest BCUT2D eigenvalue weighted by atomic mass is 10.1. The molecule has 8 heteroatoms. The van der Waals surface area contributed by atoms with Gasteiger partial charge in [0.15, 0.2) is 0 Å². The quantitative estimate of drug-likeness (QED) is 0.561. The molecule has 0 saturated carbocycles. The fourth-order valence-electron chi connectivity index (χ4n) is 2.45. The Labute approximate surface area is 156 Å². The zero-order chi connectivity index (χ0) is 17.6. The van der Waals surface area contributed by atoms with Crippen molar-refractivity contribution in [3.8, 4) is 11.3 Å². The standard InChI is InChI=1S/C16H12BrCl2N3O2/c1-7-14(17)8(2)22(20-7)16(23)12-9(3)24-21-15(12)13-10(18)5-4-6-11(13)19/h4-6H,1-3H3. The van der Waals surface area contributed by atoms with Crippen molar-refractivity contribution in [2.24, 2.45) is 0 Å². The van der Waals surface area contributed by atoms with Crippen LogP contribution in [0.3, 0.4) is 0 Å². The van der Waals surface area contributed by atoms with Gasteiger partial charge in [-0.15, -0.1) is 0 Å². The van der Waals surface area contributed by atoms with E-state index in [0.29, 0.717) is 38.5 Å². The van der Waals surface area contributed by atoms with Crippen molar-refractivity contribution >= 4 is 45.0 Å². The summed E-state index contributed by atoms with van der Waals surface area (Å²) >= 11 is 15.9. The molecule has 124 valence electrons. The molecule has 0 unspecified atom stereocenters. The maximum Gasteiger partial charge on any atom is 0.284 e. The van der Waals surface area contributed by atoms with Crippen LogP contribution in [0.15, 0.2) is 27.2 Å². The second-order valence-corrected chi connectivity index (χ2v) is 6.87. The number of nitrogens with zero attached hydrogens (tertiary/aromatic N) is 3.